The number of aromatic nitrogens is 2. The quantitative estimate of drug-likeness (QED) is 0.566. The van der Waals surface area contributed by atoms with Gasteiger partial charge in [-0.2, -0.15) is 0 Å². The molecule has 16 heavy (non-hydrogen) atoms. The molecule has 0 radical (unpaired) electrons. The average Bonchev–Trinajstić information content (AvgIpc) is 2.28. The van der Waals surface area contributed by atoms with Gasteiger partial charge in [0, 0.05) is 12.2 Å². The monoisotopic (exact) mass is 219 g/mol. The Kier molecular flexibility index (Phi) is 5.72. The Labute approximate surface area is 97.8 Å². The Hall–Kier alpha value is -1.22. The van der Waals surface area contributed by atoms with Gasteiger partial charge in [0.1, 0.15) is 5.82 Å². The van der Waals surface area contributed by atoms with Crippen molar-refractivity contribution in [1.29, 1.82) is 0 Å². The van der Waals surface area contributed by atoms with Gasteiger partial charge in [-0.15, -0.1) is 6.58 Å². The van der Waals surface area contributed by atoms with Gasteiger partial charge >= 0.3 is 0 Å². The molecule has 0 spiro atoms. The molecule has 0 aliphatic carbocycles. The second-order valence-corrected chi connectivity index (χ2v) is 4.06. The number of allylic oxidation sites excluding steroid dienone is 1. The van der Waals surface area contributed by atoms with Crippen LogP contribution in [0.15, 0.2) is 24.9 Å². The first-order valence-corrected chi connectivity index (χ1v) is 5.90. The van der Waals surface area contributed by atoms with Gasteiger partial charge in [0.15, 0.2) is 0 Å². The maximum Gasteiger partial charge on any atom is 0.125 e. The summed E-state index contributed by atoms with van der Waals surface area (Å²) in [6.07, 6.45) is 9.40. The lowest BCUT2D eigenvalue weighted by molar-refractivity contribution is 0.561. The number of rotatable bonds is 7. The third-order valence-electron chi connectivity index (χ3n) is 2.60. The Morgan fingerprint density at radius 3 is 2.94 bits per heavy atom. The van der Waals surface area contributed by atoms with Crippen molar-refractivity contribution in [2.24, 2.45) is 5.73 Å². The Bertz CT molecular complexity index is 323. The summed E-state index contributed by atoms with van der Waals surface area (Å²) in [7, 11) is 0. The molecule has 1 atom stereocenters. The van der Waals surface area contributed by atoms with Crippen molar-refractivity contribution in [2.45, 2.75) is 45.1 Å². The summed E-state index contributed by atoms with van der Waals surface area (Å²) in [6, 6.07) is 1.95. The fraction of sp³-hybridized carbons (Fsp3) is 0.538. The van der Waals surface area contributed by atoms with Crippen LogP contribution in [0.2, 0.25) is 0 Å². The van der Waals surface area contributed by atoms with Gasteiger partial charge in [-0.1, -0.05) is 18.9 Å². The predicted molar refractivity (Wildman–Crippen MR) is 67.0 cm³/mol. The molecule has 1 aromatic heterocycles. The van der Waals surface area contributed by atoms with Gasteiger partial charge < -0.3 is 5.73 Å². The highest BCUT2D eigenvalue weighted by Gasteiger charge is 2.07. The first-order chi connectivity index (χ1) is 7.74. The highest BCUT2D eigenvalue weighted by molar-refractivity contribution is 5.06. The van der Waals surface area contributed by atoms with Crippen LogP contribution >= 0.6 is 0 Å². The summed E-state index contributed by atoms with van der Waals surface area (Å²) in [4.78, 5) is 8.40. The number of unbranched alkanes of at least 4 members (excludes halogenated alkanes) is 3. The minimum atomic E-state index is 0.0467. The number of nitrogens with two attached hydrogens (primary N) is 1. The standard InChI is InChI=1S/C13H21N3/c1-3-4-5-6-7-8-12(14)13-9-10-15-11(2)16-13/h3,9-10,12H,1,4-8,14H2,2H3. The molecule has 0 saturated carbocycles. The van der Waals surface area contributed by atoms with Crippen molar-refractivity contribution in [3.8, 4) is 0 Å². The molecule has 88 valence electrons. The third kappa shape index (κ3) is 4.53. The molecule has 0 aliphatic heterocycles. The van der Waals surface area contributed by atoms with E-state index in [-0.39, 0.29) is 6.04 Å². The van der Waals surface area contributed by atoms with Crippen LogP contribution in [-0.4, -0.2) is 9.97 Å². The molecular formula is C13H21N3. The summed E-state index contributed by atoms with van der Waals surface area (Å²) >= 11 is 0. The SMILES string of the molecule is C=CCCCCCC(N)c1ccnc(C)n1. The molecule has 1 heterocycles. The summed E-state index contributed by atoms with van der Waals surface area (Å²) in [5.74, 6) is 0.791. The van der Waals surface area contributed by atoms with E-state index in [1.54, 1.807) is 6.20 Å². The van der Waals surface area contributed by atoms with Crippen LogP contribution in [0.5, 0.6) is 0 Å². The number of hydrogen-bond acceptors (Lipinski definition) is 3. The molecule has 0 saturated heterocycles. The largest absolute Gasteiger partial charge is 0.323 e. The third-order valence-corrected chi connectivity index (χ3v) is 2.60. The molecule has 0 amide bonds. The smallest absolute Gasteiger partial charge is 0.125 e. The topological polar surface area (TPSA) is 51.8 Å². The summed E-state index contributed by atoms with van der Waals surface area (Å²) in [5.41, 5.74) is 7.02. The van der Waals surface area contributed by atoms with Crippen molar-refractivity contribution in [1.82, 2.24) is 9.97 Å². The van der Waals surface area contributed by atoms with Gasteiger partial charge in [-0.3, -0.25) is 0 Å². The molecule has 3 nitrogen and oxygen atoms in total. The summed E-state index contributed by atoms with van der Waals surface area (Å²) < 4.78 is 0. The zero-order valence-corrected chi connectivity index (χ0v) is 10.0. The van der Waals surface area contributed by atoms with Crippen molar-refractivity contribution in [3.05, 3.63) is 36.4 Å². The van der Waals surface area contributed by atoms with Crippen LogP contribution in [0.3, 0.4) is 0 Å². The fourth-order valence-corrected chi connectivity index (χ4v) is 1.66. The van der Waals surface area contributed by atoms with E-state index in [4.69, 9.17) is 5.73 Å². The normalized spacial score (nSPS) is 12.4. The molecule has 1 aromatic rings. The second-order valence-electron chi connectivity index (χ2n) is 4.06. The van der Waals surface area contributed by atoms with Crippen LogP contribution in [0.1, 0.15) is 49.7 Å². The van der Waals surface area contributed by atoms with Crippen molar-refractivity contribution < 1.29 is 0 Å². The number of hydrogen-bond donors (Lipinski definition) is 1. The van der Waals surface area contributed by atoms with Gasteiger partial charge in [-0.25, -0.2) is 9.97 Å². The van der Waals surface area contributed by atoms with E-state index in [0.717, 1.165) is 30.8 Å². The van der Waals surface area contributed by atoms with Crippen LogP contribution < -0.4 is 5.73 Å². The van der Waals surface area contributed by atoms with E-state index in [1.165, 1.54) is 12.8 Å². The summed E-state index contributed by atoms with van der Waals surface area (Å²) in [5, 5.41) is 0. The van der Waals surface area contributed by atoms with Crippen LogP contribution in [0.25, 0.3) is 0 Å². The van der Waals surface area contributed by atoms with Gasteiger partial charge in [0.2, 0.25) is 0 Å². The Balaban J connectivity index is 2.29. The minimum Gasteiger partial charge on any atom is -0.323 e. The molecule has 0 bridgehead atoms. The predicted octanol–water partition coefficient (Wildman–Crippen LogP) is 2.92. The molecule has 1 rings (SSSR count). The van der Waals surface area contributed by atoms with Gasteiger partial charge in [-0.05, 0) is 32.3 Å². The zero-order chi connectivity index (χ0) is 11.8. The molecule has 0 fully saturated rings. The second kappa shape index (κ2) is 7.12. The summed E-state index contributed by atoms with van der Waals surface area (Å²) in [6.45, 7) is 5.60. The van der Waals surface area contributed by atoms with Crippen molar-refractivity contribution in [3.63, 3.8) is 0 Å². The Morgan fingerprint density at radius 1 is 1.44 bits per heavy atom. The van der Waals surface area contributed by atoms with Crippen LogP contribution in [0, 0.1) is 6.92 Å². The molecule has 2 N–H and O–H groups in total. The van der Waals surface area contributed by atoms with Crippen molar-refractivity contribution >= 4 is 0 Å². The van der Waals surface area contributed by atoms with Gasteiger partial charge in [0.05, 0.1) is 5.69 Å². The van der Waals surface area contributed by atoms with E-state index in [0.29, 0.717) is 0 Å². The lowest BCUT2D eigenvalue weighted by atomic mass is 10.1. The first kappa shape index (κ1) is 12.8. The minimum absolute atomic E-state index is 0.0467. The first-order valence-electron chi connectivity index (χ1n) is 5.90. The maximum atomic E-state index is 6.07. The Morgan fingerprint density at radius 2 is 2.25 bits per heavy atom. The molecule has 1 unspecified atom stereocenters. The number of aryl methyl sites for hydroxylation is 1. The zero-order valence-electron chi connectivity index (χ0n) is 10.0. The molecule has 0 aromatic carbocycles. The van der Waals surface area contributed by atoms with E-state index in [1.807, 2.05) is 19.1 Å². The maximum absolute atomic E-state index is 6.07. The average molecular weight is 219 g/mol. The van der Waals surface area contributed by atoms with Crippen LogP contribution in [-0.2, 0) is 0 Å². The van der Waals surface area contributed by atoms with E-state index in [9.17, 15) is 0 Å². The van der Waals surface area contributed by atoms with Crippen molar-refractivity contribution in [2.75, 3.05) is 0 Å². The molecule has 3 heteroatoms. The van der Waals surface area contributed by atoms with E-state index >= 15 is 0 Å². The molecular weight excluding hydrogens is 198 g/mol. The lowest BCUT2D eigenvalue weighted by Crippen LogP contribution is -2.12. The highest BCUT2D eigenvalue weighted by Crippen LogP contribution is 2.15. The fourth-order valence-electron chi connectivity index (χ4n) is 1.66. The number of nitrogens with zero attached hydrogens (tertiary/aromatic N) is 2. The van der Waals surface area contributed by atoms with E-state index < -0.39 is 0 Å². The molecule has 0 aliphatic rings. The van der Waals surface area contributed by atoms with E-state index in [2.05, 4.69) is 16.5 Å². The van der Waals surface area contributed by atoms with Gasteiger partial charge in [0.25, 0.3) is 0 Å². The highest BCUT2D eigenvalue weighted by atomic mass is 14.9. The lowest BCUT2D eigenvalue weighted by Gasteiger charge is -2.10. The van der Waals surface area contributed by atoms with Crippen LogP contribution in [0.4, 0.5) is 0 Å².